The Hall–Kier alpha value is -0.890. The van der Waals surface area contributed by atoms with E-state index in [0.29, 0.717) is 5.41 Å². The van der Waals surface area contributed by atoms with Gasteiger partial charge >= 0.3 is 0 Å². The SMILES string of the molecule is Cc1ncccc1C12CCC(N)(CC1)CC2. The van der Waals surface area contributed by atoms with Gasteiger partial charge in [0.25, 0.3) is 0 Å². The first kappa shape index (κ1) is 10.3. The Morgan fingerprint density at radius 3 is 2.31 bits per heavy atom. The normalized spacial score (nSPS) is 37.6. The Morgan fingerprint density at radius 1 is 1.12 bits per heavy atom. The number of aryl methyl sites for hydroxylation is 1. The zero-order valence-electron chi connectivity index (χ0n) is 10.00. The quantitative estimate of drug-likeness (QED) is 0.784. The van der Waals surface area contributed by atoms with Gasteiger partial charge in [-0.15, -0.1) is 0 Å². The first-order valence-electron chi connectivity index (χ1n) is 6.35. The summed E-state index contributed by atoms with van der Waals surface area (Å²) in [5.41, 5.74) is 9.62. The van der Waals surface area contributed by atoms with Crippen LogP contribution in [0.25, 0.3) is 0 Å². The summed E-state index contributed by atoms with van der Waals surface area (Å²) in [5, 5.41) is 0. The molecule has 0 aromatic carbocycles. The van der Waals surface area contributed by atoms with Crippen molar-refractivity contribution >= 4 is 0 Å². The van der Waals surface area contributed by atoms with Crippen molar-refractivity contribution in [1.82, 2.24) is 4.98 Å². The molecule has 4 rings (SSSR count). The second kappa shape index (κ2) is 3.30. The van der Waals surface area contributed by atoms with Gasteiger partial charge in [-0.25, -0.2) is 0 Å². The van der Waals surface area contributed by atoms with E-state index < -0.39 is 0 Å². The third-order valence-electron chi connectivity index (χ3n) is 4.88. The smallest absolute Gasteiger partial charge is 0.0410 e. The predicted molar refractivity (Wildman–Crippen MR) is 65.3 cm³/mol. The average molecular weight is 216 g/mol. The van der Waals surface area contributed by atoms with Gasteiger partial charge in [-0.1, -0.05) is 6.07 Å². The molecule has 16 heavy (non-hydrogen) atoms. The highest BCUT2D eigenvalue weighted by Gasteiger charge is 2.47. The molecule has 2 heteroatoms. The number of hydrogen-bond acceptors (Lipinski definition) is 2. The van der Waals surface area contributed by atoms with Crippen molar-refractivity contribution in [2.24, 2.45) is 5.73 Å². The predicted octanol–water partition coefficient (Wildman–Crippen LogP) is 2.69. The molecule has 0 spiro atoms. The Balaban J connectivity index is 1.99. The number of fused-ring (bicyclic) bond motifs is 3. The minimum Gasteiger partial charge on any atom is -0.325 e. The van der Waals surface area contributed by atoms with E-state index >= 15 is 0 Å². The van der Waals surface area contributed by atoms with Crippen LogP contribution in [-0.2, 0) is 5.41 Å². The molecule has 0 radical (unpaired) electrons. The van der Waals surface area contributed by atoms with Crippen LogP contribution in [0.1, 0.15) is 49.8 Å². The first-order chi connectivity index (χ1) is 7.64. The van der Waals surface area contributed by atoms with E-state index in [1.165, 1.54) is 49.8 Å². The van der Waals surface area contributed by atoms with Crippen molar-refractivity contribution in [3.63, 3.8) is 0 Å². The largest absolute Gasteiger partial charge is 0.325 e. The number of nitrogens with two attached hydrogens (primary N) is 1. The fourth-order valence-corrected chi connectivity index (χ4v) is 3.66. The summed E-state index contributed by atoms with van der Waals surface area (Å²) in [7, 11) is 0. The van der Waals surface area contributed by atoms with E-state index in [0.717, 1.165) is 0 Å². The molecule has 3 aliphatic rings. The Labute approximate surface area is 97.3 Å². The van der Waals surface area contributed by atoms with Crippen LogP contribution in [0.2, 0.25) is 0 Å². The van der Waals surface area contributed by atoms with Crippen molar-refractivity contribution in [2.45, 2.75) is 56.4 Å². The molecule has 2 nitrogen and oxygen atoms in total. The topological polar surface area (TPSA) is 38.9 Å². The number of nitrogens with zero attached hydrogens (tertiary/aromatic N) is 1. The summed E-state index contributed by atoms with van der Waals surface area (Å²) in [5.74, 6) is 0. The lowest BCUT2D eigenvalue weighted by molar-refractivity contribution is 0.106. The van der Waals surface area contributed by atoms with Gasteiger partial charge in [0.1, 0.15) is 0 Å². The van der Waals surface area contributed by atoms with Gasteiger partial charge < -0.3 is 5.73 Å². The second-order valence-electron chi connectivity index (χ2n) is 5.78. The van der Waals surface area contributed by atoms with Crippen molar-refractivity contribution in [3.05, 3.63) is 29.6 Å². The number of pyridine rings is 1. The Bertz CT molecular complexity index is 386. The second-order valence-corrected chi connectivity index (χ2v) is 5.78. The van der Waals surface area contributed by atoms with Crippen molar-refractivity contribution in [3.8, 4) is 0 Å². The molecular formula is C14H20N2. The molecule has 0 saturated heterocycles. The minimum absolute atomic E-state index is 0.165. The molecule has 1 heterocycles. The minimum atomic E-state index is 0.165. The van der Waals surface area contributed by atoms with Gasteiger partial charge in [0.2, 0.25) is 0 Å². The third-order valence-corrected chi connectivity index (χ3v) is 4.88. The summed E-state index contributed by atoms with van der Waals surface area (Å²) >= 11 is 0. The van der Waals surface area contributed by atoms with Gasteiger partial charge in [0.15, 0.2) is 0 Å². The summed E-state index contributed by atoms with van der Waals surface area (Å²) in [6.07, 6.45) is 9.26. The van der Waals surface area contributed by atoms with Gasteiger partial charge in [-0.05, 0) is 62.5 Å². The number of hydrogen-bond donors (Lipinski definition) is 1. The summed E-state index contributed by atoms with van der Waals surface area (Å²) in [4.78, 5) is 4.45. The van der Waals surface area contributed by atoms with Crippen molar-refractivity contribution in [1.29, 1.82) is 0 Å². The lowest BCUT2D eigenvalue weighted by atomic mass is 9.55. The van der Waals surface area contributed by atoms with Crippen LogP contribution in [0.4, 0.5) is 0 Å². The summed E-state index contributed by atoms with van der Waals surface area (Å²) < 4.78 is 0. The van der Waals surface area contributed by atoms with Gasteiger partial charge in [0.05, 0.1) is 0 Å². The molecule has 3 aliphatic carbocycles. The fraction of sp³-hybridized carbons (Fsp3) is 0.643. The molecule has 1 aromatic rings. The molecule has 86 valence electrons. The van der Waals surface area contributed by atoms with E-state index in [4.69, 9.17) is 5.73 Å². The Kier molecular flexibility index (Phi) is 2.12. The van der Waals surface area contributed by atoms with E-state index in [2.05, 4.69) is 24.0 Å². The highest BCUT2D eigenvalue weighted by atomic mass is 14.8. The highest BCUT2D eigenvalue weighted by molar-refractivity contribution is 5.31. The molecule has 2 bridgehead atoms. The first-order valence-corrected chi connectivity index (χ1v) is 6.35. The number of aromatic nitrogens is 1. The molecule has 0 atom stereocenters. The van der Waals surface area contributed by atoms with Crippen LogP contribution < -0.4 is 5.73 Å². The summed E-state index contributed by atoms with van der Waals surface area (Å²) in [6, 6.07) is 4.35. The van der Waals surface area contributed by atoms with Crippen LogP contribution in [0.3, 0.4) is 0 Å². The zero-order valence-corrected chi connectivity index (χ0v) is 10.00. The Morgan fingerprint density at radius 2 is 1.75 bits per heavy atom. The average Bonchev–Trinajstić information content (AvgIpc) is 2.31. The number of rotatable bonds is 1. The van der Waals surface area contributed by atoms with E-state index in [9.17, 15) is 0 Å². The van der Waals surface area contributed by atoms with E-state index in [-0.39, 0.29) is 5.54 Å². The molecular weight excluding hydrogens is 196 g/mol. The third kappa shape index (κ3) is 1.40. The van der Waals surface area contributed by atoms with Crippen LogP contribution in [0.15, 0.2) is 18.3 Å². The maximum Gasteiger partial charge on any atom is 0.0410 e. The van der Waals surface area contributed by atoms with Gasteiger partial charge in [-0.3, -0.25) is 4.98 Å². The molecule has 3 saturated carbocycles. The van der Waals surface area contributed by atoms with E-state index in [1.54, 1.807) is 0 Å². The van der Waals surface area contributed by atoms with Crippen molar-refractivity contribution in [2.75, 3.05) is 0 Å². The van der Waals surface area contributed by atoms with Gasteiger partial charge in [0, 0.05) is 17.4 Å². The van der Waals surface area contributed by atoms with Crippen LogP contribution >= 0.6 is 0 Å². The lowest BCUT2D eigenvalue weighted by Crippen LogP contribution is -2.53. The molecule has 3 fully saturated rings. The van der Waals surface area contributed by atoms with Crippen LogP contribution in [0.5, 0.6) is 0 Å². The maximum atomic E-state index is 6.36. The van der Waals surface area contributed by atoms with Crippen LogP contribution in [0, 0.1) is 6.92 Å². The monoisotopic (exact) mass is 216 g/mol. The molecule has 0 amide bonds. The molecule has 0 unspecified atom stereocenters. The standard InChI is InChI=1S/C14H20N2/c1-11-12(3-2-10-16-11)13-4-7-14(15,8-5-13)9-6-13/h2-3,10H,4-9,15H2,1H3. The summed E-state index contributed by atoms with van der Waals surface area (Å²) in [6.45, 7) is 2.14. The van der Waals surface area contributed by atoms with Crippen molar-refractivity contribution < 1.29 is 0 Å². The maximum absolute atomic E-state index is 6.36. The molecule has 0 aliphatic heterocycles. The lowest BCUT2D eigenvalue weighted by Gasteiger charge is -2.52. The highest BCUT2D eigenvalue weighted by Crippen LogP contribution is 2.52. The van der Waals surface area contributed by atoms with Crippen LogP contribution in [-0.4, -0.2) is 10.5 Å². The van der Waals surface area contributed by atoms with Gasteiger partial charge in [-0.2, -0.15) is 0 Å². The molecule has 1 aromatic heterocycles. The fourth-order valence-electron chi connectivity index (χ4n) is 3.66. The van der Waals surface area contributed by atoms with E-state index in [1.807, 2.05) is 6.20 Å². The molecule has 2 N–H and O–H groups in total. The zero-order chi connectivity index (χ0) is 11.2.